The van der Waals surface area contributed by atoms with Gasteiger partial charge in [0.05, 0.1) is 13.2 Å². The molecule has 0 spiro atoms. The number of hydrogen-bond donors (Lipinski definition) is 1. The molecular formula is C16H24BrNO2. The van der Waals surface area contributed by atoms with Crippen LogP contribution >= 0.6 is 15.9 Å². The standard InChI is InChI=1S/C16H24BrNO2/c1-16(2,3)18-11-12-10-13(17)4-5-15(12)20-14-6-8-19-9-7-14/h4-5,10,14,18H,6-9,11H2,1-3H3. The summed E-state index contributed by atoms with van der Waals surface area (Å²) in [6.07, 6.45) is 2.23. The van der Waals surface area contributed by atoms with E-state index >= 15 is 0 Å². The minimum absolute atomic E-state index is 0.0955. The van der Waals surface area contributed by atoms with Gasteiger partial charge in [0.2, 0.25) is 0 Å². The molecule has 0 saturated carbocycles. The zero-order valence-corrected chi connectivity index (χ0v) is 14.1. The van der Waals surface area contributed by atoms with Crippen molar-refractivity contribution in [3.05, 3.63) is 28.2 Å². The number of hydrogen-bond acceptors (Lipinski definition) is 3. The quantitative estimate of drug-likeness (QED) is 0.900. The Labute approximate surface area is 130 Å². The van der Waals surface area contributed by atoms with Gasteiger partial charge in [0.15, 0.2) is 0 Å². The molecule has 20 heavy (non-hydrogen) atoms. The fourth-order valence-electron chi connectivity index (χ4n) is 2.13. The summed E-state index contributed by atoms with van der Waals surface area (Å²) in [5.41, 5.74) is 1.29. The highest BCUT2D eigenvalue weighted by Crippen LogP contribution is 2.26. The summed E-state index contributed by atoms with van der Waals surface area (Å²) in [5.74, 6) is 0.983. The smallest absolute Gasteiger partial charge is 0.124 e. The Hall–Kier alpha value is -0.580. The van der Waals surface area contributed by atoms with Crippen LogP contribution in [-0.2, 0) is 11.3 Å². The second-order valence-electron chi connectivity index (χ2n) is 6.29. The van der Waals surface area contributed by atoms with E-state index in [1.165, 1.54) is 5.56 Å². The van der Waals surface area contributed by atoms with Crippen LogP contribution in [0.5, 0.6) is 5.75 Å². The monoisotopic (exact) mass is 341 g/mol. The summed E-state index contributed by atoms with van der Waals surface area (Å²) in [7, 11) is 0. The molecule has 1 heterocycles. The van der Waals surface area contributed by atoms with Crippen LogP contribution in [0, 0.1) is 0 Å². The minimum atomic E-state index is 0.0955. The van der Waals surface area contributed by atoms with Gasteiger partial charge in [0.1, 0.15) is 11.9 Å². The molecule has 3 nitrogen and oxygen atoms in total. The third-order valence-electron chi connectivity index (χ3n) is 3.29. The van der Waals surface area contributed by atoms with Gasteiger partial charge in [0, 0.05) is 35.0 Å². The van der Waals surface area contributed by atoms with Gasteiger partial charge in [0.25, 0.3) is 0 Å². The van der Waals surface area contributed by atoms with Gasteiger partial charge in [-0.3, -0.25) is 0 Å². The van der Waals surface area contributed by atoms with E-state index in [4.69, 9.17) is 9.47 Å². The molecule has 0 aliphatic carbocycles. The Bertz CT molecular complexity index is 437. The predicted molar refractivity (Wildman–Crippen MR) is 85.2 cm³/mol. The van der Waals surface area contributed by atoms with Crippen molar-refractivity contribution < 1.29 is 9.47 Å². The summed E-state index contributed by atoms with van der Waals surface area (Å²) >= 11 is 3.54. The number of halogens is 1. The van der Waals surface area contributed by atoms with Crippen LogP contribution < -0.4 is 10.1 Å². The Morgan fingerprint density at radius 2 is 2.00 bits per heavy atom. The highest BCUT2D eigenvalue weighted by atomic mass is 79.9. The van der Waals surface area contributed by atoms with E-state index in [2.05, 4.69) is 54.2 Å². The molecule has 1 aliphatic heterocycles. The maximum atomic E-state index is 6.17. The van der Waals surface area contributed by atoms with Crippen molar-refractivity contribution >= 4 is 15.9 Å². The molecule has 0 bridgehead atoms. The first-order chi connectivity index (χ1) is 9.44. The lowest BCUT2D eigenvalue weighted by Gasteiger charge is -2.26. The van der Waals surface area contributed by atoms with Crippen LogP contribution in [0.3, 0.4) is 0 Å². The normalized spacial score (nSPS) is 17.2. The lowest BCUT2D eigenvalue weighted by Crippen LogP contribution is -2.35. The average Bonchev–Trinajstić information content (AvgIpc) is 2.39. The van der Waals surface area contributed by atoms with Crippen molar-refractivity contribution in [2.45, 2.75) is 51.8 Å². The van der Waals surface area contributed by atoms with Gasteiger partial charge in [-0.05, 0) is 39.0 Å². The average molecular weight is 342 g/mol. The highest BCUT2D eigenvalue weighted by molar-refractivity contribution is 9.10. The molecule has 0 amide bonds. The molecule has 0 unspecified atom stereocenters. The fourth-order valence-corrected chi connectivity index (χ4v) is 2.54. The number of benzene rings is 1. The molecule has 0 atom stereocenters. The van der Waals surface area contributed by atoms with Crippen molar-refractivity contribution in [3.8, 4) is 5.75 Å². The van der Waals surface area contributed by atoms with Crippen molar-refractivity contribution in [3.63, 3.8) is 0 Å². The molecular weight excluding hydrogens is 318 g/mol. The van der Waals surface area contributed by atoms with E-state index < -0.39 is 0 Å². The molecule has 1 fully saturated rings. The SMILES string of the molecule is CC(C)(C)NCc1cc(Br)ccc1OC1CCOCC1. The summed E-state index contributed by atoms with van der Waals surface area (Å²) in [6.45, 7) is 8.92. The van der Waals surface area contributed by atoms with E-state index in [1.54, 1.807) is 0 Å². The fraction of sp³-hybridized carbons (Fsp3) is 0.625. The van der Waals surface area contributed by atoms with Crippen LogP contribution in [-0.4, -0.2) is 24.9 Å². The highest BCUT2D eigenvalue weighted by Gasteiger charge is 2.18. The zero-order valence-electron chi connectivity index (χ0n) is 12.5. The van der Waals surface area contributed by atoms with E-state index in [0.717, 1.165) is 42.8 Å². The first-order valence-corrected chi connectivity index (χ1v) is 8.01. The summed E-state index contributed by atoms with van der Waals surface area (Å²) in [6, 6.07) is 6.22. The molecule has 1 N–H and O–H groups in total. The van der Waals surface area contributed by atoms with Crippen LogP contribution in [0.1, 0.15) is 39.2 Å². The van der Waals surface area contributed by atoms with Crippen molar-refractivity contribution in [2.75, 3.05) is 13.2 Å². The van der Waals surface area contributed by atoms with Gasteiger partial charge in [-0.25, -0.2) is 0 Å². The molecule has 1 saturated heterocycles. The van der Waals surface area contributed by atoms with Crippen LogP contribution in [0.4, 0.5) is 0 Å². The minimum Gasteiger partial charge on any atom is -0.490 e. The zero-order chi connectivity index (χ0) is 14.6. The topological polar surface area (TPSA) is 30.5 Å². The lowest BCUT2D eigenvalue weighted by molar-refractivity contribution is 0.0251. The second-order valence-corrected chi connectivity index (χ2v) is 7.20. The Kier molecular flexibility index (Phi) is 5.47. The second kappa shape index (κ2) is 6.92. The first kappa shape index (κ1) is 15.8. The predicted octanol–water partition coefficient (Wildman–Crippen LogP) is 3.90. The van der Waals surface area contributed by atoms with Gasteiger partial charge in [-0.2, -0.15) is 0 Å². The molecule has 4 heteroatoms. The van der Waals surface area contributed by atoms with Gasteiger partial charge >= 0.3 is 0 Å². The van der Waals surface area contributed by atoms with Crippen LogP contribution in [0.2, 0.25) is 0 Å². The molecule has 1 aliphatic rings. The van der Waals surface area contributed by atoms with Crippen LogP contribution in [0.25, 0.3) is 0 Å². The summed E-state index contributed by atoms with van der Waals surface area (Å²) in [5, 5.41) is 3.52. The number of nitrogens with one attached hydrogen (secondary N) is 1. The van der Waals surface area contributed by atoms with Gasteiger partial charge in [-0.15, -0.1) is 0 Å². The van der Waals surface area contributed by atoms with E-state index in [0.29, 0.717) is 0 Å². The van der Waals surface area contributed by atoms with E-state index in [1.807, 2.05) is 6.07 Å². The first-order valence-electron chi connectivity index (χ1n) is 7.22. The van der Waals surface area contributed by atoms with Gasteiger partial charge < -0.3 is 14.8 Å². The summed E-state index contributed by atoms with van der Waals surface area (Å²) < 4.78 is 12.6. The largest absolute Gasteiger partial charge is 0.490 e. The molecule has 0 aromatic heterocycles. The Morgan fingerprint density at radius 3 is 2.65 bits per heavy atom. The molecule has 1 aromatic rings. The third kappa shape index (κ3) is 5.08. The lowest BCUT2D eigenvalue weighted by atomic mass is 10.1. The molecule has 2 rings (SSSR count). The van der Waals surface area contributed by atoms with Crippen LogP contribution in [0.15, 0.2) is 22.7 Å². The van der Waals surface area contributed by atoms with Crippen molar-refractivity contribution in [1.82, 2.24) is 5.32 Å². The van der Waals surface area contributed by atoms with Crippen molar-refractivity contribution in [2.24, 2.45) is 0 Å². The Balaban J connectivity index is 2.06. The van der Waals surface area contributed by atoms with E-state index in [-0.39, 0.29) is 11.6 Å². The van der Waals surface area contributed by atoms with Crippen molar-refractivity contribution in [1.29, 1.82) is 0 Å². The number of ether oxygens (including phenoxy) is 2. The van der Waals surface area contributed by atoms with E-state index in [9.17, 15) is 0 Å². The maximum absolute atomic E-state index is 6.17. The number of rotatable bonds is 4. The molecule has 112 valence electrons. The molecule has 1 aromatic carbocycles. The maximum Gasteiger partial charge on any atom is 0.124 e. The summed E-state index contributed by atoms with van der Waals surface area (Å²) in [4.78, 5) is 0. The Morgan fingerprint density at radius 1 is 1.30 bits per heavy atom. The van der Waals surface area contributed by atoms with Gasteiger partial charge in [-0.1, -0.05) is 15.9 Å². The third-order valence-corrected chi connectivity index (χ3v) is 3.79. The molecule has 0 radical (unpaired) electrons.